The summed E-state index contributed by atoms with van der Waals surface area (Å²) in [5.74, 6) is 1.10. The third-order valence-corrected chi connectivity index (χ3v) is 4.18. The smallest absolute Gasteiger partial charge is 0.165 e. The normalized spacial score (nSPS) is 11.1. The number of fused-ring (bicyclic) bond motifs is 1. The molecule has 2 aliphatic rings. The predicted octanol–water partition coefficient (Wildman–Crippen LogP) is 2.67. The van der Waals surface area contributed by atoms with Gasteiger partial charge in [-0.1, -0.05) is 17.7 Å². The van der Waals surface area contributed by atoms with Crippen molar-refractivity contribution in [3.63, 3.8) is 0 Å². The molecule has 0 aliphatic carbocycles. The number of hydrogen-bond donors (Lipinski definition) is 1. The van der Waals surface area contributed by atoms with Crippen molar-refractivity contribution in [1.29, 1.82) is 0 Å². The summed E-state index contributed by atoms with van der Waals surface area (Å²) in [5, 5.41) is 0.726. The highest BCUT2D eigenvalue weighted by Crippen LogP contribution is 2.26. The molecule has 0 bridgehead atoms. The highest BCUT2D eigenvalue weighted by atomic mass is 127. The third-order valence-electron chi connectivity index (χ3n) is 2.82. The Morgan fingerprint density at radius 2 is 2.11 bits per heavy atom. The summed E-state index contributed by atoms with van der Waals surface area (Å²) >= 11 is 8.50. The van der Waals surface area contributed by atoms with Crippen molar-refractivity contribution < 1.29 is 0 Å². The summed E-state index contributed by atoms with van der Waals surface area (Å²) in [5.41, 5.74) is 7.42. The number of anilines is 1. The molecular formula is C12H9ClIN5. The molecule has 2 heterocycles. The van der Waals surface area contributed by atoms with Gasteiger partial charge in [0.05, 0.1) is 12.9 Å². The first-order valence-electron chi connectivity index (χ1n) is 5.51. The van der Waals surface area contributed by atoms with Crippen molar-refractivity contribution in [2.75, 3.05) is 5.73 Å². The Labute approximate surface area is 128 Å². The summed E-state index contributed by atoms with van der Waals surface area (Å²) in [7, 11) is 0. The lowest BCUT2D eigenvalue weighted by Gasteiger charge is -2.13. The Morgan fingerprint density at radius 3 is 2.89 bits per heavy atom. The van der Waals surface area contributed by atoms with Crippen LogP contribution in [-0.4, -0.2) is 19.5 Å². The molecule has 1 aromatic rings. The highest BCUT2D eigenvalue weighted by Gasteiger charge is 2.16. The van der Waals surface area contributed by atoms with E-state index in [1.807, 2.05) is 22.8 Å². The molecule has 2 aliphatic heterocycles. The molecule has 0 amide bonds. The zero-order valence-electron chi connectivity index (χ0n) is 9.72. The fraction of sp³-hybridized carbons (Fsp3) is 0.0833. The maximum atomic E-state index is 6.24. The molecule has 96 valence electrons. The van der Waals surface area contributed by atoms with E-state index in [0.717, 1.165) is 14.2 Å². The van der Waals surface area contributed by atoms with Crippen molar-refractivity contribution >= 4 is 40.0 Å². The van der Waals surface area contributed by atoms with E-state index in [4.69, 9.17) is 17.3 Å². The van der Waals surface area contributed by atoms with Crippen molar-refractivity contribution in [2.45, 2.75) is 6.54 Å². The van der Waals surface area contributed by atoms with Gasteiger partial charge >= 0.3 is 0 Å². The molecule has 0 aromatic heterocycles. The van der Waals surface area contributed by atoms with Crippen LogP contribution in [0.2, 0.25) is 5.02 Å². The number of hydrogen-bond acceptors (Lipinski definition) is 4. The van der Waals surface area contributed by atoms with E-state index in [0.29, 0.717) is 23.9 Å². The minimum atomic E-state index is 0.387. The average Bonchev–Trinajstić information content (AvgIpc) is 2.87. The Morgan fingerprint density at radius 1 is 1.26 bits per heavy atom. The van der Waals surface area contributed by atoms with Crippen LogP contribution in [0, 0.1) is 3.57 Å². The van der Waals surface area contributed by atoms with Gasteiger partial charge in [0.2, 0.25) is 0 Å². The van der Waals surface area contributed by atoms with Crippen molar-refractivity contribution in [3.8, 4) is 11.5 Å². The zero-order valence-corrected chi connectivity index (χ0v) is 12.6. The van der Waals surface area contributed by atoms with Crippen LogP contribution in [0.1, 0.15) is 5.56 Å². The van der Waals surface area contributed by atoms with Crippen LogP contribution in [0.4, 0.5) is 5.82 Å². The van der Waals surface area contributed by atoms with E-state index < -0.39 is 0 Å². The van der Waals surface area contributed by atoms with Crippen LogP contribution >= 0.6 is 34.2 Å². The van der Waals surface area contributed by atoms with Gasteiger partial charge in [-0.25, -0.2) is 15.0 Å². The first kappa shape index (κ1) is 12.6. The Bertz CT molecular complexity index is 691. The lowest BCUT2D eigenvalue weighted by atomic mass is 10.2. The maximum Gasteiger partial charge on any atom is 0.165 e. The molecule has 0 spiro atoms. The third kappa shape index (κ3) is 2.25. The molecule has 2 N–H and O–H groups in total. The van der Waals surface area contributed by atoms with Gasteiger partial charge in [-0.15, -0.1) is 0 Å². The SMILES string of the molecule is Nc1ncn(Cc2c(Cl)cccc2I)c2ncnc1-2. The molecule has 5 nitrogen and oxygen atoms in total. The topological polar surface area (TPSA) is 69.6 Å². The first-order valence-corrected chi connectivity index (χ1v) is 6.96. The average molecular weight is 386 g/mol. The molecule has 0 atom stereocenters. The van der Waals surface area contributed by atoms with Gasteiger partial charge in [-0.05, 0) is 34.7 Å². The summed E-state index contributed by atoms with van der Waals surface area (Å²) in [6.45, 7) is 0.584. The second-order valence-electron chi connectivity index (χ2n) is 4.00. The highest BCUT2D eigenvalue weighted by molar-refractivity contribution is 14.1. The second-order valence-corrected chi connectivity index (χ2v) is 5.57. The van der Waals surface area contributed by atoms with Gasteiger partial charge < -0.3 is 10.3 Å². The summed E-state index contributed by atoms with van der Waals surface area (Å²) in [6, 6.07) is 5.82. The van der Waals surface area contributed by atoms with E-state index in [9.17, 15) is 0 Å². The Hall–Kier alpha value is -1.41. The van der Waals surface area contributed by atoms with Crippen LogP contribution in [0.3, 0.4) is 0 Å². The minimum Gasteiger partial charge on any atom is -0.382 e. The first-order chi connectivity index (χ1) is 9.16. The van der Waals surface area contributed by atoms with Crippen LogP contribution in [0.25, 0.3) is 11.5 Å². The van der Waals surface area contributed by atoms with E-state index in [1.54, 1.807) is 6.33 Å². The van der Waals surface area contributed by atoms with Crippen LogP contribution < -0.4 is 5.73 Å². The lowest BCUT2D eigenvalue weighted by molar-refractivity contribution is 0.760. The number of imidazole rings is 1. The van der Waals surface area contributed by atoms with Gasteiger partial charge in [0.15, 0.2) is 11.6 Å². The van der Waals surface area contributed by atoms with Crippen molar-refractivity contribution in [2.24, 2.45) is 0 Å². The van der Waals surface area contributed by atoms with Crippen LogP contribution in [0.5, 0.6) is 0 Å². The second kappa shape index (κ2) is 4.93. The van der Waals surface area contributed by atoms with Gasteiger partial charge in [0, 0.05) is 14.2 Å². The molecule has 0 fully saturated rings. The summed E-state index contributed by atoms with van der Waals surface area (Å²) in [6.07, 6.45) is 3.14. The van der Waals surface area contributed by atoms with Crippen molar-refractivity contribution in [1.82, 2.24) is 19.5 Å². The molecule has 1 aromatic carbocycles. The number of nitrogens with two attached hydrogens (primary N) is 1. The van der Waals surface area contributed by atoms with Gasteiger partial charge in [0.1, 0.15) is 12.0 Å². The number of nitrogen functional groups attached to an aromatic ring is 1. The summed E-state index contributed by atoms with van der Waals surface area (Å²) < 4.78 is 2.99. The standard InChI is InChI=1S/C12H9ClIN5/c13-8-2-1-3-9(14)7(8)4-19-6-18-11(15)10-12(19)17-5-16-10/h1-3,5-6H,4,15H2. The van der Waals surface area contributed by atoms with Gasteiger partial charge in [-0.2, -0.15) is 0 Å². The maximum absolute atomic E-state index is 6.24. The number of nitrogens with zero attached hydrogens (tertiary/aromatic N) is 4. The van der Waals surface area contributed by atoms with Crippen molar-refractivity contribution in [3.05, 3.63) is 45.0 Å². The van der Waals surface area contributed by atoms with E-state index in [2.05, 4.69) is 37.5 Å². The molecule has 0 saturated carbocycles. The quantitative estimate of drug-likeness (QED) is 0.689. The van der Waals surface area contributed by atoms with Gasteiger partial charge in [-0.3, -0.25) is 0 Å². The number of halogens is 2. The monoisotopic (exact) mass is 385 g/mol. The molecule has 0 unspecified atom stereocenters. The van der Waals surface area contributed by atoms with Crippen LogP contribution in [0.15, 0.2) is 30.9 Å². The van der Waals surface area contributed by atoms with E-state index in [1.165, 1.54) is 6.33 Å². The molecule has 3 rings (SSSR count). The fourth-order valence-electron chi connectivity index (χ4n) is 1.87. The number of aromatic nitrogens is 4. The molecule has 0 saturated heterocycles. The Balaban J connectivity index is 2.07. The largest absolute Gasteiger partial charge is 0.382 e. The van der Waals surface area contributed by atoms with Gasteiger partial charge in [0.25, 0.3) is 0 Å². The van der Waals surface area contributed by atoms with Crippen LogP contribution in [-0.2, 0) is 6.54 Å². The summed E-state index contributed by atoms with van der Waals surface area (Å²) in [4.78, 5) is 12.5. The lowest BCUT2D eigenvalue weighted by Crippen LogP contribution is -2.10. The predicted molar refractivity (Wildman–Crippen MR) is 82.1 cm³/mol. The van der Waals surface area contributed by atoms with E-state index >= 15 is 0 Å². The Kier molecular flexibility index (Phi) is 3.28. The fourth-order valence-corrected chi connectivity index (χ4v) is 2.93. The number of rotatable bonds is 2. The number of benzene rings is 1. The minimum absolute atomic E-state index is 0.387. The molecule has 19 heavy (non-hydrogen) atoms. The molecule has 7 heteroatoms. The zero-order chi connectivity index (χ0) is 13.4. The molecular weight excluding hydrogens is 377 g/mol. The molecule has 0 radical (unpaired) electrons. The van der Waals surface area contributed by atoms with E-state index in [-0.39, 0.29) is 0 Å².